The number of carbonyl (C=O) groups excluding carboxylic acids is 3. The van der Waals surface area contributed by atoms with Crippen molar-refractivity contribution >= 4 is 23.5 Å². The van der Waals surface area contributed by atoms with Crippen LogP contribution in [0.1, 0.15) is 24.8 Å². The largest absolute Gasteiger partial charge is 0.486 e. The number of ether oxygens (including phenoxy) is 3. The van der Waals surface area contributed by atoms with E-state index >= 15 is 0 Å². The van der Waals surface area contributed by atoms with Gasteiger partial charge in [0.1, 0.15) is 12.7 Å². The third-order valence-corrected chi connectivity index (χ3v) is 5.44. The van der Waals surface area contributed by atoms with Gasteiger partial charge in [-0.3, -0.25) is 14.4 Å². The van der Waals surface area contributed by atoms with Crippen LogP contribution in [-0.4, -0.2) is 50.2 Å². The monoisotopic (exact) mass is 424 g/mol. The van der Waals surface area contributed by atoms with E-state index in [2.05, 4.69) is 5.32 Å². The van der Waals surface area contributed by atoms with Gasteiger partial charge in [0, 0.05) is 19.2 Å². The molecule has 2 aliphatic heterocycles. The summed E-state index contributed by atoms with van der Waals surface area (Å²) in [6.45, 7) is 2.02. The molecular weight excluding hydrogens is 400 g/mol. The van der Waals surface area contributed by atoms with Crippen LogP contribution in [0.15, 0.2) is 48.5 Å². The van der Waals surface area contributed by atoms with Crippen molar-refractivity contribution in [3.8, 4) is 11.5 Å². The highest BCUT2D eigenvalue weighted by Gasteiger charge is 2.36. The molecule has 3 atom stereocenters. The molecule has 0 bridgehead atoms. The number of rotatable bonds is 5. The van der Waals surface area contributed by atoms with Gasteiger partial charge in [-0.2, -0.15) is 0 Å². The van der Waals surface area contributed by atoms with Gasteiger partial charge in [0.25, 0.3) is 5.91 Å². The standard InChI is InChI=1S/C23H24N2O6/c1-14(22(27)24-12-15-13-29-19-9-5-6-10-20(19)31-15)30-23(28)17-11-21(26)25(2)18-8-4-3-7-16(17)18/h3-10,14-15,17H,11-13H2,1-2H3,(H,24,27). The van der Waals surface area contributed by atoms with Crippen LogP contribution in [0, 0.1) is 0 Å². The summed E-state index contributed by atoms with van der Waals surface area (Å²) >= 11 is 0. The van der Waals surface area contributed by atoms with E-state index in [4.69, 9.17) is 14.2 Å². The number of amides is 2. The molecule has 31 heavy (non-hydrogen) atoms. The lowest BCUT2D eigenvalue weighted by atomic mass is 9.89. The number of hydrogen-bond donors (Lipinski definition) is 1. The molecular formula is C23H24N2O6. The fourth-order valence-electron chi connectivity index (χ4n) is 3.69. The molecule has 3 unspecified atom stereocenters. The number of esters is 1. The van der Waals surface area contributed by atoms with Crippen LogP contribution in [0.25, 0.3) is 0 Å². The van der Waals surface area contributed by atoms with E-state index in [1.165, 1.54) is 11.8 Å². The molecule has 2 aromatic carbocycles. The highest BCUT2D eigenvalue weighted by Crippen LogP contribution is 2.36. The number of benzene rings is 2. The fraction of sp³-hybridized carbons (Fsp3) is 0.348. The van der Waals surface area contributed by atoms with E-state index in [0.717, 1.165) is 0 Å². The first-order valence-corrected chi connectivity index (χ1v) is 10.2. The zero-order chi connectivity index (χ0) is 22.0. The summed E-state index contributed by atoms with van der Waals surface area (Å²) in [5.74, 6) is -0.654. The fourth-order valence-corrected chi connectivity index (χ4v) is 3.69. The molecule has 8 nitrogen and oxygen atoms in total. The maximum Gasteiger partial charge on any atom is 0.314 e. The Morgan fingerprint density at radius 3 is 2.68 bits per heavy atom. The van der Waals surface area contributed by atoms with E-state index in [9.17, 15) is 14.4 Å². The predicted octanol–water partition coefficient (Wildman–Crippen LogP) is 2.02. The molecule has 4 rings (SSSR count). The van der Waals surface area contributed by atoms with Crippen molar-refractivity contribution in [1.82, 2.24) is 5.32 Å². The number of carbonyl (C=O) groups is 3. The van der Waals surface area contributed by atoms with E-state index < -0.39 is 23.9 Å². The maximum atomic E-state index is 12.8. The van der Waals surface area contributed by atoms with Crippen molar-refractivity contribution < 1.29 is 28.6 Å². The molecule has 0 fully saturated rings. The molecule has 8 heteroatoms. The number of anilines is 1. The molecule has 2 aromatic rings. The molecule has 0 saturated heterocycles. The summed E-state index contributed by atoms with van der Waals surface area (Å²) in [5, 5.41) is 2.73. The number of nitrogens with one attached hydrogen (secondary N) is 1. The lowest BCUT2D eigenvalue weighted by Gasteiger charge is -2.31. The Hall–Kier alpha value is -3.55. The normalized spacial score (nSPS) is 20.5. The van der Waals surface area contributed by atoms with Crippen molar-refractivity contribution in [2.45, 2.75) is 31.5 Å². The van der Waals surface area contributed by atoms with Gasteiger partial charge in [0.2, 0.25) is 5.91 Å². The molecule has 2 heterocycles. The van der Waals surface area contributed by atoms with Crippen LogP contribution in [0.3, 0.4) is 0 Å². The molecule has 0 radical (unpaired) electrons. The third-order valence-electron chi connectivity index (χ3n) is 5.44. The Kier molecular flexibility index (Phi) is 5.79. The Balaban J connectivity index is 1.33. The van der Waals surface area contributed by atoms with Crippen molar-refractivity contribution in [3.05, 3.63) is 54.1 Å². The minimum absolute atomic E-state index is 0.00729. The van der Waals surface area contributed by atoms with Crippen LogP contribution < -0.4 is 19.7 Å². The summed E-state index contributed by atoms with van der Waals surface area (Å²) in [6.07, 6.45) is -1.35. The molecule has 1 N–H and O–H groups in total. The number of hydrogen-bond acceptors (Lipinski definition) is 6. The van der Waals surface area contributed by atoms with E-state index in [1.807, 2.05) is 30.3 Å². The quantitative estimate of drug-likeness (QED) is 0.738. The third kappa shape index (κ3) is 4.33. The van der Waals surface area contributed by atoms with E-state index in [0.29, 0.717) is 29.4 Å². The first-order valence-electron chi connectivity index (χ1n) is 10.2. The summed E-state index contributed by atoms with van der Waals surface area (Å²) in [5.41, 5.74) is 1.39. The molecule has 2 aliphatic rings. The first kappa shape index (κ1) is 20.7. The predicted molar refractivity (Wildman–Crippen MR) is 112 cm³/mol. The molecule has 162 valence electrons. The second-order valence-corrected chi connectivity index (χ2v) is 7.59. The Morgan fingerprint density at radius 1 is 1.16 bits per heavy atom. The molecule has 0 aliphatic carbocycles. The van der Waals surface area contributed by atoms with Crippen molar-refractivity contribution in [3.63, 3.8) is 0 Å². The summed E-state index contributed by atoms with van der Waals surface area (Å²) < 4.78 is 16.8. The maximum absolute atomic E-state index is 12.8. The lowest BCUT2D eigenvalue weighted by molar-refractivity contribution is -0.157. The van der Waals surface area contributed by atoms with Crippen LogP contribution in [0.2, 0.25) is 0 Å². The second kappa shape index (κ2) is 8.67. The van der Waals surface area contributed by atoms with Gasteiger partial charge in [-0.15, -0.1) is 0 Å². The van der Waals surface area contributed by atoms with Gasteiger partial charge in [0.05, 0.1) is 12.5 Å². The second-order valence-electron chi connectivity index (χ2n) is 7.59. The van der Waals surface area contributed by atoms with Gasteiger partial charge in [-0.25, -0.2) is 0 Å². The topological polar surface area (TPSA) is 94.2 Å². The van der Waals surface area contributed by atoms with E-state index in [-0.39, 0.29) is 25.0 Å². The Bertz CT molecular complexity index is 1010. The van der Waals surface area contributed by atoms with E-state index in [1.54, 1.807) is 25.2 Å². The number of nitrogens with zero attached hydrogens (tertiary/aromatic N) is 1. The summed E-state index contributed by atoms with van der Waals surface area (Å²) in [7, 11) is 1.67. The number of para-hydroxylation sites is 3. The average Bonchev–Trinajstić information content (AvgIpc) is 2.79. The Morgan fingerprint density at radius 2 is 1.87 bits per heavy atom. The van der Waals surface area contributed by atoms with Gasteiger partial charge in [0.15, 0.2) is 17.6 Å². The highest BCUT2D eigenvalue weighted by atomic mass is 16.6. The van der Waals surface area contributed by atoms with Gasteiger partial charge < -0.3 is 24.4 Å². The molecule has 0 spiro atoms. The lowest BCUT2D eigenvalue weighted by Crippen LogP contribution is -2.45. The summed E-state index contributed by atoms with van der Waals surface area (Å²) in [6, 6.07) is 14.5. The van der Waals surface area contributed by atoms with Crippen LogP contribution in [-0.2, 0) is 19.1 Å². The smallest absolute Gasteiger partial charge is 0.314 e. The van der Waals surface area contributed by atoms with Crippen LogP contribution >= 0.6 is 0 Å². The summed E-state index contributed by atoms with van der Waals surface area (Å²) in [4.78, 5) is 39.0. The van der Waals surface area contributed by atoms with Gasteiger partial charge in [-0.05, 0) is 30.7 Å². The average molecular weight is 424 g/mol. The SMILES string of the molecule is CC(OC(=O)C1CC(=O)N(C)c2ccccc21)C(=O)NCC1COc2ccccc2O1. The molecule has 2 amide bonds. The zero-order valence-electron chi connectivity index (χ0n) is 17.4. The highest BCUT2D eigenvalue weighted by molar-refractivity contribution is 6.01. The first-order chi connectivity index (χ1) is 14.9. The molecule has 0 saturated carbocycles. The minimum atomic E-state index is -1.01. The van der Waals surface area contributed by atoms with Crippen molar-refractivity contribution in [2.75, 3.05) is 25.1 Å². The van der Waals surface area contributed by atoms with Crippen molar-refractivity contribution in [1.29, 1.82) is 0 Å². The van der Waals surface area contributed by atoms with Crippen LogP contribution in [0.4, 0.5) is 5.69 Å². The minimum Gasteiger partial charge on any atom is -0.486 e. The number of fused-ring (bicyclic) bond motifs is 2. The molecule has 0 aromatic heterocycles. The van der Waals surface area contributed by atoms with Gasteiger partial charge >= 0.3 is 5.97 Å². The van der Waals surface area contributed by atoms with Gasteiger partial charge in [-0.1, -0.05) is 30.3 Å². The van der Waals surface area contributed by atoms with Crippen molar-refractivity contribution in [2.24, 2.45) is 0 Å². The zero-order valence-corrected chi connectivity index (χ0v) is 17.4. The van der Waals surface area contributed by atoms with Crippen LogP contribution in [0.5, 0.6) is 11.5 Å². The Labute approximate surface area is 180 Å².